The number of hydrogen-bond donors (Lipinski definition) is 2. The van der Waals surface area contributed by atoms with Gasteiger partial charge in [0.1, 0.15) is 5.82 Å². The minimum absolute atomic E-state index is 0. The van der Waals surface area contributed by atoms with E-state index in [9.17, 15) is 9.18 Å². The fourth-order valence-electron chi connectivity index (χ4n) is 4.24. The highest BCUT2D eigenvalue weighted by molar-refractivity contribution is 14.0. The second-order valence-electron chi connectivity index (χ2n) is 8.25. The Morgan fingerprint density at radius 2 is 1.64 bits per heavy atom. The van der Waals surface area contributed by atoms with Crippen LogP contribution >= 0.6 is 24.0 Å². The zero-order valence-electron chi connectivity index (χ0n) is 17.1. The minimum atomic E-state index is -0.324. The molecule has 28 heavy (non-hydrogen) atoms. The maximum absolute atomic E-state index is 13.2. The number of aliphatic imine (C=N–C) groups is 1. The molecule has 1 aromatic rings. The lowest BCUT2D eigenvalue weighted by Crippen LogP contribution is -2.50. The van der Waals surface area contributed by atoms with E-state index in [2.05, 4.69) is 15.6 Å². The van der Waals surface area contributed by atoms with Crippen LogP contribution in [0.2, 0.25) is 0 Å². The molecule has 2 N–H and O–H groups in total. The molecule has 5 nitrogen and oxygen atoms in total. The Balaban J connectivity index is 0.00000280. The summed E-state index contributed by atoms with van der Waals surface area (Å²) in [4.78, 5) is 18.7. The van der Waals surface area contributed by atoms with E-state index in [1.165, 1.54) is 17.7 Å². The van der Waals surface area contributed by atoms with Gasteiger partial charge in [0.05, 0.1) is 5.41 Å². The summed E-state index contributed by atoms with van der Waals surface area (Å²) in [5.41, 5.74) is 0.910. The number of nitrogens with zero attached hydrogens (tertiary/aromatic N) is 2. The van der Waals surface area contributed by atoms with Gasteiger partial charge in [0, 0.05) is 39.6 Å². The monoisotopic (exact) mass is 502 g/mol. The summed E-state index contributed by atoms with van der Waals surface area (Å²) >= 11 is 0. The summed E-state index contributed by atoms with van der Waals surface area (Å²) in [6.45, 7) is 1.36. The number of benzene rings is 1. The Bertz CT molecular complexity index is 695. The Morgan fingerprint density at radius 3 is 2.14 bits per heavy atom. The normalized spacial score (nSPS) is 19.5. The number of amides is 1. The van der Waals surface area contributed by atoms with Crippen molar-refractivity contribution in [1.29, 1.82) is 0 Å². The minimum Gasteiger partial charge on any atom is -0.356 e. The Hall–Kier alpha value is -1.38. The first-order valence-corrected chi connectivity index (χ1v) is 9.83. The summed E-state index contributed by atoms with van der Waals surface area (Å²) in [5.74, 6) is 0.724. The van der Waals surface area contributed by atoms with Crippen molar-refractivity contribution in [3.8, 4) is 0 Å². The molecule has 0 unspecified atom stereocenters. The smallest absolute Gasteiger partial charge is 0.230 e. The van der Waals surface area contributed by atoms with Crippen LogP contribution in [-0.4, -0.2) is 51.0 Å². The molecule has 156 valence electrons. The van der Waals surface area contributed by atoms with E-state index >= 15 is 0 Å². The van der Waals surface area contributed by atoms with Gasteiger partial charge >= 0.3 is 0 Å². The number of nitrogens with one attached hydrogen (secondary N) is 2. The molecule has 7 heteroatoms. The summed E-state index contributed by atoms with van der Waals surface area (Å²) in [6, 6.07) is 6.81. The van der Waals surface area contributed by atoms with Gasteiger partial charge in [-0.25, -0.2) is 4.39 Å². The second-order valence-corrected chi connectivity index (χ2v) is 8.25. The number of rotatable bonds is 6. The maximum atomic E-state index is 13.2. The summed E-state index contributed by atoms with van der Waals surface area (Å²) in [6.07, 6.45) is 6.22. The summed E-state index contributed by atoms with van der Waals surface area (Å²) in [5, 5.41) is 6.80. The van der Waals surface area contributed by atoms with Crippen LogP contribution in [0.4, 0.5) is 4.39 Å². The van der Waals surface area contributed by atoms with E-state index in [1.807, 2.05) is 26.2 Å². The Labute approximate surface area is 184 Å². The van der Waals surface area contributed by atoms with E-state index in [4.69, 9.17) is 0 Å². The topological polar surface area (TPSA) is 56.7 Å². The summed E-state index contributed by atoms with van der Waals surface area (Å²) < 4.78 is 13.2. The van der Waals surface area contributed by atoms with Crippen LogP contribution in [0.3, 0.4) is 0 Å². The molecule has 2 aliphatic rings. The van der Waals surface area contributed by atoms with Crippen LogP contribution < -0.4 is 10.6 Å². The Kier molecular flexibility index (Phi) is 7.70. The van der Waals surface area contributed by atoms with E-state index < -0.39 is 0 Å². The van der Waals surface area contributed by atoms with Crippen LogP contribution in [0.15, 0.2) is 29.3 Å². The lowest BCUT2D eigenvalue weighted by molar-refractivity contribution is -0.138. The van der Waals surface area contributed by atoms with E-state index in [-0.39, 0.29) is 46.5 Å². The van der Waals surface area contributed by atoms with Crippen LogP contribution in [0.25, 0.3) is 0 Å². The van der Waals surface area contributed by atoms with Gasteiger partial charge in [-0.1, -0.05) is 25.0 Å². The molecule has 2 aliphatic carbocycles. The van der Waals surface area contributed by atoms with E-state index in [0.717, 1.165) is 51.0 Å². The standard InChI is InChI=1S/C21H31FN4O.HI/c1-23-19(25-15-21(10-4-5-11-21)18(27)26(2)3)24-14-20(12-13-20)16-6-8-17(22)9-7-16;/h6-9H,4-5,10-15H2,1-3H3,(H2,23,24,25);1H. The number of guanidine groups is 1. The molecule has 3 rings (SSSR count). The van der Waals surface area contributed by atoms with Crippen molar-refractivity contribution >= 4 is 35.8 Å². The van der Waals surface area contributed by atoms with Gasteiger partial charge in [-0.15, -0.1) is 24.0 Å². The van der Waals surface area contributed by atoms with Gasteiger partial charge in [0.15, 0.2) is 5.96 Å². The second kappa shape index (κ2) is 9.41. The third-order valence-electron chi connectivity index (χ3n) is 6.14. The van der Waals surface area contributed by atoms with Gasteiger partial charge in [-0.05, 0) is 43.4 Å². The van der Waals surface area contributed by atoms with Gasteiger partial charge in [-0.3, -0.25) is 9.79 Å². The SMILES string of the molecule is CN=C(NCC1(C(=O)N(C)C)CCCC1)NCC1(c2ccc(F)cc2)CC1.I. The average Bonchev–Trinajstić information content (AvgIpc) is 3.30. The van der Waals surface area contributed by atoms with Crippen molar-refractivity contribution in [3.05, 3.63) is 35.6 Å². The van der Waals surface area contributed by atoms with Crippen LogP contribution in [0.5, 0.6) is 0 Å². The molecule has 0 bridgehead atoms. The Morgan fingerprint density at radius 1 is 1.07 bits per heavy atom. The van der Waals surface area contributed by atoms with Crippen molar-refractivity contribution in [3.63, 3.8) is 0 Å². The molecular formula is C21H32FIN4O. The van der Waals surface area contributed by atoms with E-state index in [0.29, 0.717) is 6.54 Å². The molecule has 0 aromatic heterocycles. The molecule has 0 saturated heterocycles. The molecule has 1 amide bonds. The zero-order valence-corrected chi connectivity index (χ0v) is 19.4. The molecule has 0 heterocycles. The van der Waals surface area contributed by atoms with Crippen molar-refractivity contribution in [2.24, 2.45) is 10.4 Å². The van der Waals surface area contributed by atoms with Gasteiger partial charge in [0.25, 0.3) is 0 Å². The number of carbonyl (C=O) groups is 1. The highest BCUT2D eigenvalue weighted by Crippen LogP contribution is 2.47. The van der Waals surface area contributed by atoms with Crippen molar-refractivity contribution in [1.82, 2.24) is 15.5 Å². The molecular weight excluding hydrogens is 470 g/mol. The lowest BCUT2D eigenvalue weighted by atomic mass is 9.84. The number of carbonyl (C=O) groups excluding carboxylic acids is 1. The molecule has 2 saturated carbocycles. The van der Waals surface area contributed by atoms with Crippen molar-refractivity contribution < 1.29 is 9.18 Å². The zero-order chi connectivity index (χ0) is 19.5. The predicted octanol–water partition coefficient (Wildman–Crippen LogP) is 3.29. The molecule has 1 aromatic carbocycles. The van der Waals surface area contributed by atoms with Gasteiger partial charge < -0.3 is 15.5 Å². The molecule has 0 atom stereocenters. The molecule has 2 fully saturated rings. The quantitative estimate of drug-likeness (QED) is 0.357. The third-order valence-corrected chi connectivity index (χ3v) is 6.14. The molecule has 0 aliphatic heterocycles. The number of hydrogen-bond acceptors (Lipinski definition) is 2. The summed E-state index contributed by atoms with van der Waals surface area (Å²) in [7, 11) is 5.41. The highest BCUT2D eigenvalue weighted by Gasteiger charge is 2.45. The first-order valence-electron chi connectivity index (χ1n) is 9.83. The molecule has 0 spiro atoms. The fraction of sp³-hybridized carbons (Fsp3) is 0.619. The first-order chi connectivity index (χ1) is 12.9. The lowest BCUT2D eigenvalue weighted by Gasteiger charge is -2.31. The third kappa shape index (κ3) is 4.96. The largest absolute Gasteiger partial charge is 0.356 e. The number of halogens is 2. The maximum Gasteiger partial charge on any atom is 0.230 e. The van der Waals surface area contributed by atoms with E-state index in [1.54, 1.807) is 11.9 Å². The van der Waals surface area contributed by atoms with Gasteiger partial charge in [-0.2, -0.15) is 0 Å². The van der Waals surface area contributed by atoms with Crippen LogP contribution in [0, 0.1) is 11.2 Å². The van der Waals surface area contributed by atoms with Crippen LogP contribution in [-0.2, 0) is 10.2 Å². The predicted molar refractivity (Wildman–Crippen MR) is 122 cm³/mol. The molecule has 0 radical (unpaired) electrons. The fourth-order valence-corrected chi connectivity index (χ4v) is 4.24. The van der Waals surface area contributed by atoms with Crippen molar-refractivity contribution in [2.75, 3.05) is 34.2 Å². The first kappa shape index (κ1) is 22.9. The highest BCUT2D eigenvalue weighted by atomic mass is 127. The average molecular weight is 502 g/mol. The van der Waals surface area contributed by atoms with Gasteiger partial charge in [0.2, 0.25) is 5.91 Å². The van der Waals surface area contributed by atoms with Crippen molar-refractivity contribution in [2.45, 2.75) is 43.9 Å². The van der Waals surface area contributed by atoms with Crippen LogP contribution in [0.1, 0.15) is 44.1 Å².